The minimum atomic E-state index is 0.0181. The summed E-state index contributed by atoms with van der Waals surface area (Å²) in [6.07, 6.45) is 0. The summed E-state index contributed by atoms with van der Waals surface area (Å²) in [7, 11) is 0. The van der Waals surface area contributed by atoms with Crippen molar-refractivity contribution in [1.29, 1.82) is 0 Å². The number of halogens is 1. The van der Waals surface area contributed by atoms with Crippen molar-refractivity contribution in [2.75, 3.05) is 0 Å². The molecule has 3 rings (SSSR count). The van der Waals surface area contributed by atoms with Crippen LogP contribution in [0.5, 0.6) is 0 Å². The second-order valence-corrected chi connectivity index (χ2v) is 5.14. The van der Waals surface area contributed by atoms with Gasteiger partial charge in [-0.3, -0.25) is 9.36 Å². The van der Waals surface area contributed by atoms with Crippen LogP contribution in [0.4, 0.5) is 0 Å². The molecule has 0 aliphatic carbocycles. The highest BCUT2D eigenvalue weighted by Gasteiger charge is 2.10. The molecule has 3 aromatic rings. The van der Waals surface area contributed by atoms with Crippen molar-refractivity contribution in [3.05, 3.63) is 57.2 Å². The Kier molecular flexibility index (Phi) is 3.00. The molecule has 1 aromatic heterocycles. The highest BCUT2D eigenvalue weighted by Crippen LogP contribution is 2.22. The van der Waals surface area contributed by atoms with Gasteiger partial charge in [-0.15, -0.1) is 0 Å². The lowest BCUT2D eigenvalue weighted by Gasteiger charge is -2.10. The molecule has 0 saturated carbocycles. The van der Waals surface area contributed by atoms with Crippen LogP contribution in [-0.4, -0.2) is 4.57 Å². The summed E-state index contributed by atoms with van der Waals surface area (Å²) in [4.78, 5) is 12.6. The van der Waals surface area contributed by atoms with E-state index in [-0.39, 0.29) is 5.43 Å². The average molecular weight is 282 g/mol. The zero-order chi connectivity index (χ0) is 14.3. The number of fused-ring (bicyclic) bond motifs is 2. The molecule has 2 nitrogen and oxygen atoms in total. The van der Waals surface area contributed by atoms with Crippen LogP contribution in [0.2, 0.25) is 5.02 Å². The van der Waals surface area contributed by atoms with Crippen molar-refractivity contribution < 1.29 is 0 Å². The predicted molar refractivity (Wildman–Crippen MR) is 84.3 cm³/mol. The van der Waals surface area contributed by atoms with Crippen molar-refractivity contribution in [2.45, 2.75) is 13.8 Å². The highest BCUT2D eigenvalue weighted by atomic mass is 35.5. The lowest BCUT2D eigenvalue weighted by molar-refractivity contribution is 1.23. The first-order chi connectivity index (χ1) is 9.61. The van der Waals surface area contributed by atoms with Gasteiger partial charge >= 0.3 is 0 Å². The van der Waals surface area contributed by atoms with Crippen LogP contribution in [0.25, 0.3) is 21.8 Å². The second-order valence-electron chi connectivity index (χ2n) is 4.71. The van der Waals surface area contributed by atoms with Gasteiger partial charge in [0.05, 0.1) is 11.0 Å². The minimum Gasteiger partial charge on any atom is -0.288 e. The zero-order valence-electron chi connectivity index (χ0n) is 11.2. The van der Waals surface area contributed by atoms with Crippen molar-refractivity contribution in [3.8, 4) is 12.0 Å². The van der Waals surface area contributed by atoms with E-state index in [9.17, 15) is 4.79 Å². The first-order valence-corrected chi connectivity index (χ1v) is 6.67. The zero-order valence-corrected chi connectivity index (χ0v) is 12.0. The van der Waals surface area contributed by atoms with Gasteiger partial charge < -0.3 is 0 Å². The van der Waals surface area contributed by atoms with Gasteiger partial charge in [0.25, 0.3) is 0 Å². The summed E-state index contributed by atoms with van der Waals surface area (Å²) in [5.74, 6) is 2.89. The number of hydrogen-bond donors (Lipinski definition) is 0. The normalized spacial score (nSPS) is 10.6. The standard InChI is InChI=1S/C17H12ClNO/c1-3-8-19-15-7-4-11(2)9-14(15)17(20)13-6-5-12(18)10-16(13)19/h4-7,9-10H,1-2H3. The van der Waals surface area contributed by atoms with Crippen molar-refractivity contribution in [1.82, 2.24) is 4.57 Å². The van der Waals surface area contributed by atoms with Crippen LogP contribution in [-0.2, 0) is 0 Å². The molecule has 0 saturated heterocycles. The number of nitrogens with zero attached hydrogens (tertiary/aromatic N) is 1. The van der Waals surface area contributed by atoms with Crippen LogP contribution in [0.1, 0.15) is 12.5 Å². The smallest absolute Gasteiger partial charge is 0.197 e. The fourth-order valence-corrected chi connectivity index (χ4v) is 2.58. The van der Waals surface area contributed by atoms with Gasteiger partial charge in [-0.25, -0.2) is 0 Å². The van der Waals surface area contributed by atoms with E-state index in [0.29, 0.717) is 15.8 Å². The minimum absolute atomic E-state index is 0.0181. The molecule has 0 radical (unpaired) electrons. The third-order valence-corrected chi connectivity index (χ3v) is 3.54. The molecule has 0 fully saturated rings. The molecule has 98 valence electrons. The lowest BCUT2D eigenvalue weighted by atomic mass is 10.1. The fraction of sp³-hybridized carbons (Fsp3) is 0.118. The predicted octanol–water partition coefficient (Wildman–Crippen LogP) is 3.95. The van der Waals surface area contributed by atoms with E-state index in [1.807, 2.05) is 29.7 Å². The summed E-state index contributed by atoms with van der Waals surface area (Å²) in [6, 6.07) is 14.1. The topological polar surface area (TPSA) is 22.0 Å². The second kappa shape index (κ2) is 4.70. The molecule has 0 unspecified atom stereocenters. The molecule has 0 spiro atoms. The Morgan fingerprint density at radius 1 is 1.05 bits per heavy atom. The van der Waals surface area contributed by atoms with Crippen LogP contribution in [0.3, 0.4) is 0 Å². The Morgan fingerprint density at radius 3 is 2.60 bits per heavy atom. The lowest BCUT2D eigenvalue weighted by Crippen LogP contribution is -2.09. The summed E-state index contributed by atoms with van der Waals surface area (Å²) >= 11 is 6.06. The van der Waals surface area contributed by atoms with Gasteiger partial charge in [0.1, 0.15) is 0 Å². The number of aromatic nitrogens is 1. The summed E-state index contributed by atoms with van der Waals surface area (Å²) in [5, 5.41) is 1.91. The first kappa shape index (κ1) is 12.8. The maximum atomic E-state index is 12.6. The number of benzene rings is 2. The van der Waals surface area contributed by atoms with Crippen LogP contribution in [0, 0.1) is 18.9 Å². The molecular formula is C17H12ClNO. The summed E-state index contributed by atoms with van der Waals surface area (Å²) in [5.41, 5.74) is 2.63. The number of hydrogen-bond acceptors (Lipinski definition) is 1. The molecule has 0 N–H and O–H groups in total. The summed E-state index contributed by atoms with van der Waals surface area (Å²) < 4.78 is 1.83. The molecule has 1 heterocycles. The Hall–Kier alpha value is -2.24. The van der Waals surface area contributed by atoms with Crippen LogP contribution in [0.15, 0.2) is 41.2 Å². The molecule has 20 heavy (non-hydrogen) atoms. The van der Waals surface area contributed by atoms with Crippen molar-refractivity contribution >= 4 is 33.4 Å². The van der Waals surface area contributed by atoms with Gasteiger partial charge in [0.2, 0.25) is 0 Å². The molecular weight excluding hydrogens is 270 g/mol. The maximum Gasteiger partial charge on any atom is 0.197 e. The Labute approximate surface area is 121 Å². The van der Waals surface area contributed by atoms with E-state index in [1.54, 1.807) is 25.1 Å². The average Bonchev–Trinajstić information content (AvgIpc) is 2.43. The summed E-state index contributed by atoms with van der Waals surface area (Å²) in [6.45, 7) is 3.75. The monoisotopic (exact) mass is 281 g/mol. The Bertz CT molecular complexity index is 958. The molecule has 0 bridgehead atoms. The molecule has 3 heteroatoms. The highest BCUT2D eigenvalue weighted by molar-refractivity contribution is 6.31. The SMILES string of the molecule is CC#Cn1c2ccc(C)cc2c(=O)c2ccc(Cl)cc21. The Morgan fingerprint density at radius 2 is 1.85 bits per heavy atom. The van der Waals surface area contributed by atoms with Crippen LogP contribution >= 0.6 is 11.6 Å². The van der Waals surface area contributed by atoms with Gasteiger partial charge in [-0.1, -0.05) is 29.2 Å². The third kappa shape index (κ3) is 1.88. The number of pyridine rings is 1. The molecule has 0 aliphatic rings. The molecule has 2 aromatic carbocycles. The Balaban J connectivity index is 2.67. The van der Waals surface area contributed by atoms with Crippen molar-refractivity contribution in [2.24, 2.45) is 0 Å². The van der Waals surface area contributed by atoms with Gasteiger partial charge in [-0.05, 0) is 44.2 Å². The van der Waals surface area contributed by atoms with Crippen LogP contribution < -0.4 is 5.43 Å². The van der Waals surface area contributed by atoms with Gasteiger partial charge in [0, 0.05) is 21.8 Å². The van der Waals surface area contributed by atoms with E-state index in [1.165, 1.54) is 0 Å². The number of rotatable bonds is 0. The van der Waals surface area contributed by atoms with E-state index < -0.39 is 0 Å². The number of aryl methyl sites for hydroxylation is 1. The molecule has 0 amide bonds. The van der Waals surface area contributed by atoms with Gasteiger partial charge in [0.15, 0.2) is 5.43 Å². The largest absolute Gasteiger partial charge is 0.288 e. The maximum absolute atomic E-state index is 12.6. The third-order valence-electron chi connectivity index (χ3n) is 3.31. The molecule has 0 atom stereocenters. The quantitative estimate of drug-likeness (QED) is 0.452. The van der Waals surface area contributed by atoms with E-state index >= 15 is 0 Å². The van der Waals surface area contributed by atoms with Crippen molar-refractivity contribution in [3.63, 3.8) is 0 Å². The van der Waals surface area contributed by atoms with Gasteiger partial charge in [-0.2, -0.15) is 0 Å². The fourth-order valence-electron chi connectivity index (χ4n) is 2.42. The van der Waals surface area contributed by atoms with E-state index in [2.05, 4.69) is 12.0 Å². The molecule has 0 aliphatic heterocycles. The van der Waals surface area contributed by atoms with E-state index in [0.717, 1.165) is 16.6 Å². The van der Waals surface area contributed by atoms with E-state index in [4.69, 9.17) is 11.6 Å². The first-order valence-electron chi connectivity index (χ1n) is 6.29.